The summed E-state index contributed by atoms with van der Waals surface area (Å²) in [6, 6.07) is 1.62. The maximum atomic E-state index is 10.9. The van der Waals surface area contributed by atoms with Crippen LogP contribution in [0.3, 0.4) is 0 Å². The molecule has 2 aromatic heterocycles. The summed E-state index contributed by atoms with van der Waals surface area (Å²) in [6.45, 7) is 2.53. The quantitative estimate of drug-likeness (QED) is 0.642. The highest BCUT2D eigenvalue weighted by atomic mass is 16.6. The molecule has 2 rings (SSSR count). The molecule has 0 amide bonds. The molecule has 0 saturated heterocycles. The minimum Gasteiger partial charge on any atom is -0.472 e. The number of hydrogen-bond donors (Lipinski definition) is 1. The van der Waals surface area contributed by atoms with Crippen LogP contribution in [0.1, 0.15) is 6.92 Å². The first-order valence-corrected chi connectivity index (χ1v) is 5.00. The van der Waals surface area contributed by atoms with E-state index >= 15 is 0 Å². The van der Waals surface area contributed by atoms with Crippen molar-refractivity contribution in [3.05, 3.63) is 34.9 Å². The molecule has 0 aliphatic rings. The Kier molecular flexibility index (Phi) is 2.99. The van der Waals surface area contributed by atoms with Crippen LogP contribution in [0, 0.1) is 10.1 Å². The molecule has 7 heteroatoms. The van der Waals surface area contributed by atoms with Gasteiger partial charge in [-0.3, -0.25) is 10.1 Å². The molecule has 2 heterocycles. The van der Waals surface area contributed by atoms with Crippen LogP contribution in [0.25, 0.3) is 11.3 Å². The molecule has 0 atom stereocenters. The minimum atomic E-state index is -0.516. The molecular weight excluding hydrogens is 224 g/mol. The third-order valence-electron chi connectivity index (χ3n) is 2.10. The fourth-order valence-electron chi connectivity index (χ4n) is 1.36. The molecule has 0 bridgehead atoms. The van der Waals surface area contributed by atoms with Crippen LogP contribution in [0.15, 0.2) is 29.2 Å². The molecule has 0 spiro atoms. The van der Waals surface area contributed by atoms with E-state index in [4.69, 9.17) is 4.42 Å². The van der Waals surface area contributed by atoms with Crippen LogP contribution in [-0.2, 0) is 0 Å². The highest BCUT2D eigenvalue weighted by molar-refractivity contribution is 5.68. The van der Waals surface area contributed by atoms with Gasteiger partial charge in [-0.1, -0.05) is 0 Å². The summed E-state index contributed by atoms with van der Waals surface area (Å²) in [5.74, 6) is 0.356. The van der Waals surface area contributed by atoms with Gasteiger partial charge in [0.1, 0.15) is 6.20 Å². The van der Waals surface area contributed by atoms with Crippen LogP contribution in [0.4, 0.5) is 11.6 Å². The SMILES string of the molecule is CCNc1ncc([N+](=O)[O-])c(-c2ccoc2)n1. The largest absolute Gasteiger partial charge is 0.472 e. The van der Waals surface area contributed by atoms with Crippen LogP contribution in [0.2, 0.25) is 0 Å². The fraction of sp³-hybridized carbons (Fsp3) is 0.200. The van der Waals surface area contributed by atoms with Crippen molar-refractivity contribution in [3.8, 4) is 11.3 Å². The van der Waals surface area contributed by atoms with E-state index in [1.54, 1.807) is 6.07 Å². The molecule has 2 aromatic rings. The Morgan fingerprint density at radius 1 is 1.59 bits per heavy atom. The standard InChI is InChI=1S/C10H10N4O3/c1-2-11-10-12-5-8(14(15)16)9(13-10)7-3-4-17-6-7/h3-6H,2H2,1H3,(H,11,12,13). The lowest BCUT2D eigenvalue weighted by atomic mass is 10.2. The van der Waals surface area contributed by atoms with Crippen LogP contribution < -0.4 is 5.32 Å². The molecule has 0 fully saturated rings. The summed E-state index contributed by atoms with van der Waals surface area (Å²) in [6.07, 6.45) is 4.03. The van der Waals surface area contributed by atoms with Gasteiger partial charge in [0.15, 0.2) is 5.69 Å². The Balaban J connectivity index is 2.52. The molecule has 0 unspecified atom stereocenters. The van der Waals surface area contributed by atoms with Gasteiger partial charge in [-0.15, -0.1) is 0 Å². The second kappa shape index (κ2) is 4.60. The first-order valence-electron chi connectivity index (χ1n) is 5.00. The molecular formula is C10H10N4O3. The number of rotatable bonds is 4. The van der Waals surface area contributed by atoms with Crippen LogP contribution in [0.5, 0.6) is 0 Å². The number of aromatic nitrogens is 2. The summed E-state index contributed by atoms with van der Waals surface area (Å²) in [7, 11) is 0. The first-order chi connectivity index (χ1) is 8.22. The summed E-state index contributed by atoms with van der Waals surface area (Å²) < 4.78 is 4.90. The minimum absolute atomic E-state index is 0.145. The first kappa shape index (κ1) is 11.1. The van der Waals surface area contributed by atoms with E-state index in [-0.39, 0.29) is 11.4 Å². The van der Waals surface area contributed by atoms with E-state index in [1.165, 1.54) is 18.7 Å². The highest BCUT2D eigenvalue weighted by Crippen LogP contribution is 2.28. The lowest BCUT2D eigenvalue weighted by Gasteiger charge is -2.03. The third-order valence-corrected chi connectivity index (χ3v) is 2.10. The predicted octanol–water partition coefficient (Wildman–Crippen LogP) is 2.08. The van der Waals surface area contributed by atoms with E-state index in [0.29, 0.717) is 18.1 Å². The Hall–Kier alpha value is -2.44. The highest BCUT2D eigenvalue weighted by Gasteiger charge is 2.19. The zero-order valence-corrected chi connectivity index (χ0v) is 9.08. The number of furan rings is 1. The normalized spacial score (nSPS) is 10.2. The zero-order valence-electron chi connectivity index (χ0n) is 9.08. The number of hydrogen-bond acceptors (Lipinski definition) is 6. The van der Waals surface area contributed by atoms with Crippen molar-refractivity contribution in [2.75, 3.05) is 11.9 Å². The number of nitrogens with one attached hydrogen (secondary N) is 1. The monoisotopic (exact) mass is 234 g/mol. The fourth-order valence-corrected chi connectivity index (χ4v) is 1.36. The van der Waals surface area contributed by atoms with Crippen LogP contribution >= 0.6 is 0 Å². The van der Waals surface area contributed by atoms with Gasteiger partial charge < -0.3 is 9.73 Å². The second-order valence-electron chi connectivity index (χ2n) is 3.23. The number of nitrogens with zero attached hydrogens (tertiary/aromatic N) is 3. The van der Waals surface area contributed by atoms with Gasteiger partial charge >= 0.3 is 5.69 Å². The lowest BCUT2D eigenvalue weighted by Crippen LogP contribution is -2.04. The average molecular weight is 234 g/mol. The summed E-state index contributed by atoms with van der Waals surface area (Å²) in [5, 5.41) is 13.8. The summed E-state index contributed by atoms with van der Waals surface area (Å²) in [5.41, 5.74) is 0.654. The van der Waals surface area contributed by atoms with E-state index < -0.39 is 4.92 Å². The Morgan fingerprint density at radius 2 is 2.41 bits per heavy atom. The molecule has 17 heavy (non-hydrogen) atoms. The van der Waals surface area contributed by atoms with E-state index in [9.17, 15) is 10.1 Å². The van der Waals surface area contributed by atoms with Crippen molar-refractivity contribution in [3.63, 3.8) is 0 Å². The summed E-state index contributed by atoms with van der Waals surface area (Å²) >= 11 is 0. The number of anilines is 1. The third kappa shape index (κ3) is 2.22. The van der Waals surface area contributed by atoms with Gasteiger partial charge in [0.25, 0.3) is 0 Å². The molecule has 0 aliphatic carbocycles. The van der Waals surface area contributed by atoms with E-state index in [2.05, 4.69) is 15.3 Å². The van der Waals surface area contributed by atoms with Crippen molar-refractivity contribution >= 4 is 11.6 Å². The maximum absolute atomic E-state index is 10.9. The van der Waals surface area contributed by atoms with Crippen molar-refractivity contribution in [1.29, 1.82) is 0 Å². The predicted molar refractivity (Wildman–Crippen MR) is 60.6 cm³/mol. The molecule has 0 aliphatic heterocycles. The zero-order chi connectivity index (χ0) is 12.3. The van der Waals surface area contributed by atoms with Gasteiger partial charge in [-0.2, -0.15) is 0 Å². The molecule has 1 N–H and O–H groups in total. The Bertz CT molecular complexity index is 524. The van der Waals surface area contributed by atoms with E-state index in [1.807, 2.05) is 6.92 Å². The topological polar surface area (TPSA) is 94.1 Å². The van der Waals surface area contributed by atoms with E-state index in [0.717, 1.165) is 0 Å². The van der Waals surface area contributed by atoms with Crippen molar-refractivity contribution in [2.45, 2.75) is 6.92 Å². The summed E-state index contributed by atoms with van der Waals surface area (Å²) in [4.78, 5) is 18.3. The molecule has 88 valence electrons. The van der Waals surface area contributed by atoms with Gasteiger partial charge in [0.2, 0.25) is 5.95 Å². The maximum Gasteiger partial charge on any atom is 0.313 e. The smallest absolute Gasteiger partial charge is 0.313 e. The Morgan fingerprint density at radius 3 is 3.00 bits per heavy atom. The van der Waals surface area contributed by atoms with Crippen molar-refractivity contribution in [2.24, 2.45) is 0 Å². The average Bonchev–Trinajstić information content (AvgIpc) is 2.82. The Labute approximate surface area is 96.7 Å². The molecule has 0 radical (unpaired) electrons. The second-order valence-corrected chi connectivity index (χ2v) is 3.23. The molecule has 7 nitrogen and oxygen atoms in total. The van der Waals surface area contributed by atoms with Crippen molar-refractivity contribution in [1.82, 2.24) is 9.97 Å². The van der Waals surface area contributed by atoms with Crippen LogP contribution in [-0.4, -0.2) is 21.4 Å². The van der Waals surface area contributed by atoms with Crippen molar-refractivity contribution < 1.29 is 9.34 Å². The van der Waals surface area contributed by atoms with Gasteiger partial charge in [0.05, 0.1) is 17.4 Å². The van der Waals surface area contributed by atoms with Gasteiger partial charge in [-0.05, 0) is 13.0 Å². The lowest BCUT2D eigenvalue weighted by molar-refractivity contribution is -0.384. The van der Waals surface area contributed by atoms with Gasteiger partial charge in [0, 0.05) is 12.1 Å². The van der Waals surface area contributed by atoms with Gasteiger partial charge in [-0.25, -0.2) is 9.97 Å². The molecule has 0 saturated carbocycles. The molecule has 0 aromatic carbocycles. The number of nitro groups is 1.